The van der Waals surface area contributed by atoms with E-state index in [2.05, 4.69) is 5.16 Å². The summed E-state index contributed by atoms with van der Waals surface area (Å²) in [5.74, 6) is 1.76. The number of non-ortho nitro benzene ring substituents is 1. The number of rotatable bonds is 8. The number of nitro benzene ring substituents is 1. The van der Waals surface area contributed by atoms with Gasteiger partial charge in [0.2, 0.25) is 0 Å². The number of ether oxygens (including phenoxy) is 4. The minimum Gasteiger partial charge on any atom is -0.493 e. The van der Waals surface area contributed by atoms with Crippen LogP contribution in [0.15, 0.2) is 35.5 Å². The van der Waals surface area contributed by atoms with Crippen LogP contribution < -0.4 is 14.2 Å². The van der Waals surface area contributed by atoms with Gasteiger partial charge in [-0.05, 0) is 32.0 Å². The van der Waals surface area contributed by atoms with Gasteiger partial charge in [0.05, 0.1) is 31.0 Å². The van der Waals surface area contributed by atoms with Crippen molar-refractivity contribution in [2.45, 2.75) is 33.2 Å². The summed E-state index contributed by atoms with van der Waals surface area (Å²) >= 11 is 0. The van der Waals surface area contributed by atoms with Gasteiger partial charge < -0.3 is 23.8 Å². The summed E-state index contributed by atoms with van der Waals surface area (Å²) in [6, 6.07) is 8.25. The first-order chi connectivity index (χ1) is 14.0. The minimum absolute atomic E-state index is 0.0200. The highest BCUT2D eigenvalue weighted by Crippen LogP contribution is 2.33. The minimum atomic E-state index is -0.464. The quantitative estimate of drug-likeness (QED) is 0.376. The van der Waals surface area contributed by atoms with Crippen LogP contribution in [0.5, 0.6) is 17.2 Å². The molecular formula is C20H22N2O7. The lowest BCUT2D eigenvalue weighted by molar-refractivity contribution is -0.385. The molecule has 154 valence electrons. The van der Waals surface area contributed by atoms with E-state index in [0.717, 1.165) is 5.56 Å². The molecule has 2 aromatic rings. The third kappa shape index (κ3) is 5.14. The zero-order chi connectivity index (χ0) is 20.8. The number of hydrogen-bond donors (Lipinski definition) is 0. The first kappa shape index (κ1) is 20.4. The predicted octanol–water partition coefficient (Wildman–Crippen LogP) is 3.81. The normalized spacial score (nSPS) is 13.1. The Morgan fingerprint density at radius 1 is 1.28 bits per heavy atom. The number of fused-ring (bicyclic) bond motifs is 1. The molecule has 0 radical (unpaired) electrons. The molecule has 0 amide bonds. The van der Waals surface area contributed by atoms with Gasteiger partial charge in [-0.2, -0.15) is 0 Å². The molecule has 0 unspecified atom stereocenters. The van der Waals surface area contributed by atoms with Crippen LogP contribution in [0, 0.1) is 10.1 Å². The third-order valence-electron chi connectivity index (χ3n) is 4.03. The van der Waals surface area contributed by atoms with Crippen molar-refractivity contribution in [3.05, 3.63) is 57.1 Å². The van der Waals surface area contributed by atoms with Gasteiger partial charge in [0.1, 0.15) is 12.4 Å². The summed E-state index contributed by atoms with van der Waals surface area (Å²) in [6.07, 6.45) is 1.55. The second-order valence-corrected chi connectivity index (χ2v) is 6.55. The van der Waals surface area contributed by atoms with E-state index in [4.69, 9.17) is 23.8 Å². The Balaban J connectivity index is 1.70. The summed E-state index contributed by atoms with van der Waals surface area (Å²) < 4.78 is 21.7. The van der Waals surface area contributed by atoms with Gasteiger partial charge in [-0.25, -0.2) is 0 Å². The lowest BCUT2D eigenvalue weighted by Crippen LogP contribution is -2.14. The summed E-state index contributed by atoms with van der Waals surface area (Å²) in [6.45, 7) is 4.23. The van der Waals surface area contributed by atoms with Crippen LogP contribution >= 0.6 is 0 Å². The Morgan fingerprint density at radius 2 is 2.10 bits per heavy atom. The van der Waals surface area contributed by atoms with Crippen LogP contribution in [-0.2, 0) is 22.8 Å². The summed E-state index contributed by atoms with van der Waals surface area (Å²) in [7, 11) is 1.56. The SMILES string of the molecule is COc1cc(/C=N\OCc2cc([N+](=O)[O-])cc3c2OCOC3)ccc1OC(C)C. The first-order valence-corrected chi connectivity index (χ1v) is 8.98. The van der Waals surface area contributed by atoms with Crippen LogP contribution in [0.4, 0.5) is 5.69 Å². The van der Waals surface area contributed by atoms with Gasteiger partial charge in [-0.3, -0.25) is 10.1 Å². The molecule has 1 aliphatic rings. The highest BCUT2D eigenvalue weighted by Gasteiger charge is 2.21. The van der Waals surface area contributed by atoms with E-state index in [9.17, 15) is 10.1 Å². The van der Waals surface area contributed by atoms with E-state index in [1.807, 2.05) is 19.9 Å². The Morgan fingerprint density at radius 3 is 2.83 bits per heavy atom. The molecule has 9 heteroatoms. The lowest BCUT2D eigenvalue weighted by atomic mass is 10.1. The van der Waals surface area contributed by atoms with E-state index >= 15 is 0 Å². The summed E-state index contributed by atoms with van der Waals surface area (Å²) in [4.78, 5) is 16.0. The predicted molar refractivity (Wildman–Crippen MR) is 105 cm³/mol. The van der Waals surface area contributed by atoms with Gasteiger partial charge in [-0.1, -0.05) is 5.16 Å². The standard InChI is InChI=1S/C20H22N2O7/c1-13(2)29-18-5-4-14(6-19(18)25-3)9-21-28-11-16-8-17(22(23)24)7-15-10-26-12-27-20(15)16/h4-9,13H,10-12H2,1-3H3/b21-9-. The van der Waals surface area contributed by atoms with Crippen molar-refractivity contribution in [2.24, 2.45) is 5.16 Å². The molecule has 0 atom stereocenters. The zero-order valence-corrected chi connectivity index (χ0v) is 16.4. The fraction of sp³-hybridized carbons (Fsp3) is 0.350. The number of nitro groups is 1. The van der Waals surface area contributed by atoms with Crippen molar-refractivity contribution in [1.29, 1.82) is 0 Å². The summed E-state index contributed by atoms with van der Waals surface area (Å²) in [5.41, 5.74) is 1.85. The van der Waals surface area contributed by atoms with Crippen LogP contribution in [0.3, 0.4) is 0 Å². The van der Waals surface area contributed by atoms with Crippen molar-refractivity contribution >= 4 is 11.9 Å². The van der Waals surface area contributed by atoms with Crippen molar-refractivity contribution in [2.75, 3.05) is 13.9 Å². The molecule has 0 saturated heterocycles. The van der Waals surface area contributed by atoms with Gasteiger partial charge in [0.15, 0.2) is 18.3 Å². The topological polar surface area (TPSA) is 102 Å². The van der Waals surface area contributed by atoms with E-state index < -0.39 is 4.92 Å². The zero-order valence-electron chi connectivity index (χ0n) is 16.4. The highest BCUT2D eigenvalue weighted by atomic mass is 16.7. The number of benzene rings is 2. The number of oxime groups is 1. The van der Waals surface area contributed by atoms with Gasteiger partial charge in [0, 0.05) is 28.8 Å². The Labute approximate surface area is 167 Å². The van der Waals surface area contributed by atoms with Crippen molar-refractivity contribution in [1.82, 2.24) is 0 Å². The summed E-state index contributed by atoms with van der Waals surface area (Å²) in [5, 5.41) is 15.1. The van der Waals surface area contributed by atoms with Crippen molar-refractivity contribution in [3.63, 3.8) is 0 Å². The lowest BCUT2D eigenvalue weighted by Gasteiger charge is -2.20. The molecule has 3 rings (SSSR count). The van der Waals surface area contributed by atoms with E-state index in [0.29, 0.717) is 28.4 Å². The van der Waals surface area contributed by atoms with Gasteiger partial charge in [-0.15, -0.1) is 0 Å². The largest absolute Gasteiger partial charge is 0.493 e. The number of hydrogen-bond acceptors (Lipinski definition) is 8. The second kappa shape index (κ2) is 9.24. The molecule has 0 aliphatic carbocycles. The van der Waals surface area contributed by atoms with Crippen LogP contribution in [0.2, 0.25) is 0 Å². The maximum absolute atomic E-state index is 11.1. The van der Waals surface area contributed by atoms with E-state index in [1.54, 1.807) is 19.2 Å². The fourth-order valence-electron chi connectivity index (χ4n) is 2.81. The first-order valence-electron chi connectivity index (χ1n) is 8.98. The molecule has 2 aromatic carbocycles. The molecule has 0 spiro atoms. The average molecular weight is 402 g/mol. The molecular weight excluding hydrogens is 380 g/mol. The van der Waals surface area contributed by atoms with E-state index in [-0.39, 0.29) is 31.8 Å². The Kier molecular flexibility index (Phi) is 6.50. The Bertz CT molecular complexity index is 912. The molecule has 0 fully saturated rings. The smallest absolute Gasteiger partial charge is 0.270 e. The third-order valence-corrected chi connectivity index (χ3v) is 4.03. The highest BCUT2D eigenvalue weighted by molar-refractivity contribution is 5.80. The maximum Gasteiger partial charge on any atom is 0.270 e. The van der Waals surface area contributed by atoms with Crippen molar-refractivity contribution < 1.29 is 28.7 Å². The average Bonchev–Trinajstić information content (AvgIpc) is 2.71. The fourth-order valence-corrected chi connectivity index (χ4v) is 2.81. The Hall–Kier alpha value is -3.33. The molecule has 0 N–H and O–H groups in total. The van der Waals surface area contributed by atoms with Crippen molar-refractivity contribution in [3.8, 4) is 17.2 Å². The van der Waals surface area contributed by atoms with Crippen LogP contribution in [0.25, 0.3) is 0 Å². The molecule has 29 heavy (non-hydrogen) atoms. The second-order valence-electron chi connectivity index (χ2n) is 6.55. The molecule has 0 bridgehead atoms. The maximum atomic E-state index is 11.1. The monoisotopic (exact) mass is 402 g/mol. The van der Waals surface area contributed by atoms with Crippen LogP contribution in [-0.4, -0.2) is 31.1 Å². The number of methoxy groups -OCH3 is 1. The number of nitrogens with zero attached hydrogens (tertiary/aromatic N) is 2. The molecule has 1 aliphatic heterocycles. The molecule has 0 aromatic heterocycles. The van der Waals surface area contributed by atoms with E-state index in [1.165, 1.54) is 18.3 Å². The van der Waals surface area contributed by atoms with Crippen LogP contribution in [0.1, 0.15) is 30.5 Å². The van der Waals surface area contributed by atoms with Gasteiger partial charge in [0.25, 0.3) is 5.69 Å². The molecule has 9 nitrogen and oxygen atoms in total. The van der Waals surface area contributed by atoms with Gasteiger partial charge >= 0.3 is 0 Å². The molecule has 0 saturated carbocycles. The molecule has 1 heterocycles.